The number of alkyl halides is 1. The smallest absolute Gasteiger partial charge is 0.164 e. The van der Waals surface area contributed by atoms with Crippen molar-refractivity contribution in [2.24, 2.45) is 22.6 Å². The molecule has 3 heterocycles. The molecule has 1 aromatic carbocycles. The molecule has 11 heteroatoms. The number of nitrogens with zero attached hydrogens (tertiary/aromatic N) is 4. The van der Waals surface area contributed by atoms with Gasteiger partial charge >= 0.3 is 0 Å². The number of hydrogen-bond donors (Lipinski definition) is 2. The first-order chi connectivity index (χ1) is 15.5. The molecule has 166 valence electrons. The van der Waals surface area contributed by atoms with Crippen LogP contribution in [0.1, 0.15) is 18.0 Å². The molecule has 4 atom stereocenters. The van der Waals surface area contributed by atoms with Crippen molar-refractivity contribution in [2.75, 3.05) is 19.1 Å². The van der Waals surface area contributed by atoms with E-state index in [4.69, 9.17) is 10.5 Å². The number of benzene rings is 1. The molecular weight excluding hydrogens is 441 g/mol. The predicted molar refractivity (Wildman–Crippen MR) is 117 cm³/mol. The summed E-state index contributed by atoms with van der Waals surface area (Å²) in [6, 6.07) is 3.44. The highest BCUT2D eigenvalue weighted by Crippen LogP contribution is 2.54. The Labute approximate surface area is 185 Å². The van der Waals surface area contributed by atoms with Gasteiger partial charge in [-0.1, -0.05) is 11.8 Å². The van der Waals surface area contributed by atoms with Crippen LogP contribution >= 0.6 is 11.8 Å². The average molecular weight is 460 g/mol. The van der Waals surface area contributed by atoms with Crippen molar-refractivity contribution in [3.8, 4) is 5.75 Å². The van der Waals surface area contributed by atoms with Crippen molar-refractivity contribution in [2.45, 2.75) is 17.7 Å². The molecule has 2 aliphatic rings. The zero-order valence-electron chi connectivity index (χ0n) is 16.9. The zero-order valence-corrected chi connectivity index (χ0v) is 17.7. The lowest BCUT2D eigenvalue weighted by Crippen LogP contribution is -2.47. The lowest BCUT2D eigenvalue weighted by Gasteiger charge is -2.48. The van der Waals surface area contributed by atoms with E-state index in [1.54, 1.807) is 6.07 Å². The summed E-state index contributed by atoms with van der Waals surface area (Å²) in [6.45, 7) is -0.530. The number of aliphatic imine (C=N–C) groups is 1. The average Bonchev–Trinajstić information content (AvgIpc) is 2.77. The van der Waals surface area contributed by atoms with Crippen LogP contribution in [0.5, 0.6) is 5.75 Å². The van der Waals surface area contributed by atoms with E-state index in [2.05, 4.69) is 25.3 Å². The molecule has 32 heavy (non-hydrogen) atoms. The van der Waals surface area contributed by atoms with Crippen LogP contribution in [0.2, 0.25) is 0 Å². The fourth-order valence-electron chi connectivity index (χ4n) is 4.32. The Bertz CT molecular complexity index is 1230. The summed E-state index contributed by atoms with van der Waals surface area (Å²) in [5.74, 6) is -1.70. The van der Waals surface area contributed by atoms with Gasteiger partial charge in [0.1, 0.15) is 17.6 Å². The maximum Gasteiger partial charge on any atom is 0.164 e. The van der Waals surface area contributed by atoms with Gasteiger partial charge in [0.2, 0.25) is 0 Å². The molecule has 0 amide bonds. The highest BCUT2D eigenvalue weighted by molar-refractivity contribution is 8.14. The zero-order chi connectivity index (χ0) is 22.4. The minimum absolute atomic E-state index is 0.0388. The number of thioether (sulfide) groups is 1. The second-order valence-corrected chi connectivity index (χ2v) is 9.01. The van der Waals surface area contributed by atoms with Crippen molar-refractivity contribution in [1.82, 2.24) is 15.0 Å². The number of hydrogen-bond acceptors (Lipinski definition) is 8. The maximum atomic E-state index is 14.9. The van der Waals surface area contributed by atoms with E-state index in [9.17, 15) is 13.2 Å². The number of nitrogens with two attached hydrogens (primary N) is 1. The Balaban J connectivity index is 1.54. The SMILES string of the molecule is COc1cnc2c(Nc3cc(F)c(F)c([C@H]4N=C(N)S[C@H]5CC(CF)C54)c3)ncnc2c1. The van der Waals surface area contributed by atoms with Crippen LogP contribution in [0.25, 0.3) is 11.0 Å². The molecule has 5 rings (SSSR count). The third-order valence-corrected chi connectivity index (χ3v) is 7.09. The molecule has 1 aliphatic carbocycles. The van der Waals surface area contributed by atoms with Crippen LogP contribution in [0, 0.1) is 23.5 Å². The largest absolute Gasteiger partial charge is 0.495 e. The summed E-state index contributed by atoms with van der Waals surface area (Å²) in [5, 5.41) is 3.33. The number of nitrogens with one attached hydrogen (secondary N) is 1. The van der Waals surface area contributed by atoms with Crippen molar-refractivity contribution in [3.63, 3.8) is 0 Å². The quantitative estimate of drug-likeness (QED) is 0.591. The summed E-state index contributed by atoms with van der Waals surface area (Å²) < 4.78 is 48.1. The third-order valence-electron chi connectivity index (χ3n) is 5.93. The van der Waals surface area contributed by atoms with Crippen LogP contribution in [-0.2, 0) is 0 Å². The van der Waals surface area contributed by atoms with Crippen molar-refractivity contribution < 1.29 is 17.9 Å². The van der Waals surface area contributed by atoms with Gasteiger partial charge in [0.25, 0.3) is 0 Å². The van der Waals surface area contributed by atoms with Gasteiger partial charge in [-0.2, -0.15) is 0 Å². The van der Waals surface area contributed by atoms with Gasteiger partial charge in [0, 0.05) is 34.6 Å². The molecule has 0 spiro atoms. The number of aromatic nitrogens is 3. The number of fused-ring (bicyclic) bond motifs is 2. The summed E-state index contributed by atoms with van der Waals surface area (Å²) in [5.41, 5.74) is 7.18. The third kappa shape index (κ3) is 3.50. The second kappa shape index (κ2) is 8.12. The first-order valence-corrected chi connectivity index (χ1v) is 10.8. The molecule has 3 aromatic rings. The minimum atomic E-state index is -1.04. The molecule has 2 unspecified atom stereocenters. The highest BCUT2D eigenvalue weighted by Gasteiger charge is 2.50. The van der Waals surface area contributed by atoms with Gasteiger partial charge in [0.15, 0.2) is 22.6 Å². The molecule has 1 saturated carbocycles. The van der Waals surface area contributed by atoms with Crippen molar-refractivity contribution >= 4 is 39.5 Å². The lowest BCUT2D eigenvalue weighted by atomic mass is 9.68. The van der Waals surface area contributed by atoms with E-state index >= 15 is 0 Å². The van der Waals surface area contributed by atoms with E-state index in [1.165, 1.54) is 37.5 Å². The summed E-state index contributed by atoms with van der Waals surface area (Å²) >= 11 is 1.37. The van der Waals surface area contributed by atoms with Crippen LogP contribution in [0.3, 0.4) is 0 Å². The predicted octanol–water partition coefficient (Wildman–Crippen LogP) is 4.13. The van der Waals surface area contributed by atoms with Gasteiger partial charge in [-0.25, -0.2) is 23.7 Å². The van der Waals surface area contributed by atoms with E-state index in [1.807, 2.05) is 0 Å². The van der Waals surface area contributed by atoms with Crippen molar-refractivity contribution in [1.29, 1.82) is 0 Å². The molecule has 0 bridgehead atoms. The fourth-order valence-corrected chi connectivity index (χ4v) is 5.68. The standard InChI is InChI=1S/C21H19F3N6OS/c1-31-11-5-14-19(26-7-11)20(28-8-27-14)29-10-3-12(17(24)13(23)4-10)18-16-9(6-22)2-15(16)32-21(25)30-18/h3-5,7-9,15-16,18H,2,6H2,1H3,(H2,25,30)(H,27,28,29)/t9?,15-,16?,18+/m0/s1. The van der Waals surface area contributed by atoms with Gasteiger partial charge in [-0.05, 0) is 18.4 Å². The van der Waals surface area contributed by atoms with Crippen LogP contribution in [0.15, 0.2) is 35.7 Å². The van der Waals surface area contributed by atoms with Crippen LogP contribution in [0.4, 0.5) is 24.7 Å². The summed E-state index contributed by atoms with van der Waals surface area (Å²) in [6.07, 6.45) is 3.49. The molecule has 0 radical (unpaired) electrons. The number of methoxy groups -OCH3 is 1. The lowest BCUT2D eigenvalue weighted by molar-refractivity contribution is 0.119. The maximum absolute atomic E-state index is 14.9. The molecule has 7 nitrogen and oxygen atoms in total. The number of rotatable bonds is 5. The van der Waals surface area contributed by atoms with E-state index < -0.39 is 24.4 Å². The van der Waals surface area contributed by atoms with E-state index in [-0.39, 0.29) is 28.3 Å². The van der Waals surface area contributed by atoms with Gasteiger partial charge in [0.05, 0.1) is 31.5 Å². The van der Waals surface area contributed by atoms with E-state index in [0.29, 0.717) is 34.2 Å². The van der Waals surface area contributed by atoms with Crippen LogP contribution in [-0.4, -0.2) is 39.2 Å². The molecule has 1 aliphatic heterocycles. The first kappa shape index (κ1) is 20.8. The van der Waals surface area contributed by atoms with Gasteiger partial charge in [-0.15, -0.1) is 0 Å². The number of anilines is 2. The Hall–Kier alpha value is -3.08. The summed E-state index contributed by atoms with van der Waals surface area (Å²) in [7, 11) is 1.52. The Morgan fingerprint density at radius 1 is 1.22 bits per heavy atom. The highest BCUT2D eigenvalue weighted by atomic mass is 32.2. The fraction of sp³-hybridized carbons (Fsp3) is 0.333. The Kier molecular flexibility index (Phi) is 5.28. The van der Waals surface area contributed by atoms with Gasteiger partial charge in [-0.3, -0.25) is 9.38 Å². The number of ether oxygens (including phenoxy) is 1. The number of amidine groups is 1. The van der Waals surface area contributed by atoms with Crippen LogP contribution < -0.4 is 15.8 Å². The topological polar surface area (TPSA) is 98.3 Å². The molecule has 1 fully saturated rings. The number of pyridine rings is 1. The molecule has 2 aromatic heterocycles. The monoisotopic (exact) mass is 460 g/mol. The Morgan fingerprint density at radius 2 is 2.06 bits per heavy atom. The van der Waals surface area contributed by atoms with Gasteiger partial charge < -0.3 is 15.8 Å². The second-order valence-electron chi connectivity index (χ2n) is 7.75. The normalized spacial score (nSPS) is 24.4. The molecule has 3 N–H and O–H groups in total. The first-order valence-electron chi connectivity index (χ1n) is 9.95. The minimum Gasteiger partial charge on any atom is -0.495 e. The number of halogens is 3. The Morgan fingerprint density at radius 3 is 2.84 bits per heavy atom. The van der Waals surface area contributed by atoms with Crippen molar-refractivity contribution in [3.05, 3.63) is 47.9 Å². The van der Waals surface area contributed by atoms with E-state index in [0.717, 1.165) is 6.07 Å². The molecular formula is C21H19F3N6OS. The summed E-state index contributed by atoms with van der Waals surface area (Å²) in [4.78, 5) is 17.0. The molecule has 0 saturated heterocycles.